The van der Waals surface area contributed by atoms with Crippen LogP contribution in [-0.4, -0.2) is 5.91 Å². The molecule has 2 aliphatic carbocycles. The van der Waals surface area contributed by atoms with Gasteiger partial charge in [-0.3, -0.25) is 4.79 Å². The average molecular weight is 349 g/mol. The molecule has 0 radical (unpaired) electrons. The van der Waals surface area contributed by atoms with Crippen molar-refractivity contribution < 1.29 is 4.79 Å². The molecule has 0 aromatic heterocycles. The number of rotatable bonds is 2. The van der Waals surface area contributed by atoms with Crippen LogP contribution in [0.25, 0.3) is 0 Å². The van der Waals surface area contributed by atoms with Crippen molar-refractivity contribution in [2.24, 2.45) is 17.8 Å². The number of nitrogens with one attached hydrogen (secondary N) is 1. The fourth-order valence-corrected chi connectivity index (χ4v) is 4.12. The molecule has 2 unspecified atom stereocenters. The molecule has 0 aliphatic heterocycles. The number of benzene rings is 1. The summed E-state index contributed by atoms with van der Waals surface area (Å²) in [5, 5.41) is 3.79. The van der Waals surface area contributed by atoms with Crippen LogP contribution >= 0.6 is 39.1 Å². The van der Waals surface area contributed by atoms with E-state index in [1.165, 1.54) is 6.42 Å². The summed E-state index contributed by atoms with van der Waals surface area (Å²) in [4.78, 5) is 12.1. The van der Waals surface area contributed by atoms with E-state index in [1.54, 1.807) is 12.1 Å². The normalized spacial score (nSPS) is 28.9. The first kappa shape index (κ1) is 12.8. The van der Waals surface area contributed by atoms with Gasteiger partial charge < -0.3 is 5.32 Å². The Hall–Kier alpha value is -0.250. The van der Waals surface area contributed by atoms with Crippen molar-refractivity contribution in [3.05, 3.63) is 26.7 Å². The maximum Gasteiger partial charge on any atom is 0.227 e. The van der Waals surface area contributed by atoms with Gasteiger partial charge in [-0.05, 0) is 43.2 Å². The van der Waals surface area contributed by atoms with Gasteiger partial charge in [-0.1, -0.05) is 39.1 Å². The van der Waals surface area contributed by atoms with E-state index in [0.29, 0.717) is 15.7 Å². The third-order valence-corrected chi connectivity index (χ3v) is 4.92. The molecule has 1 amide bonds. The van der Waals surface area contributed by atoms with Crippen LogP contribution in [0.2, 0.25) is 10.0 Å². The Balaban J connectivity index is 1.74. The Labute approximate surface area is 124 Å². The zero-order valence-electron chi connectivity index (χ0n) is 9.55. The second-order valence-electron chi connectivity index (χ2n) is 5.16. The molecule has 2 atom stereocenters. The zero-order valence-corrected chi connectivity index (χ0v) is 12.6. The fraction of sp³-hybridized carbons (Fsp3) is 0.462. The molecular formula is C13H12BrCl2NO. The van der Waals surface area contributed by atoms with Crippen LogP contribution in [-0.2, 0) is 4.79 Å². The van der Waals surface area contributed by atoms with Gasteiger partial charge in [0.05, 0.1) is 15.7 Å². The van der Waals surface area contributed by atoms with E-state index in [-0.39, 0.29) is 11.8 Å². The van der Waals surface area contributed by atoms with Crippen LogP contribution in [0, 0.1) is 17.8 Å². The van der Waals surface area contributed by atoms with Crippen molar-refractivity contribution in [1.29, 1.82) is 0 Å². The Morgan fingerprint density at radius 1 is 1.17 bits per heavy atom. The minimum atomic E-state index is 0.0494. The van der Waals surface area contributed by atoms with Gasteiger partial charge in [0.1, 0.15) is 0 Å². The predicted octanol–water partition coefficient (Wildman–Crippen LogP) is 4.74. The maximum atomic E-state index is 12.1. The minimum Gasteiger partial charge on any atom is -0.323 e. The van der Waals surface area contributed by atoms with Crippen molar-refractivity contribution >= 4 is 50.7 Å². The molecule has 18 heavy (non-hydrogen) atoms. The van der Waals surface area contributed by atoms with Crippen molar-refractivity contribution in [2.45, 2.75) is 19.3 Å². The van der Waals surface area contributed by atoms with Crippen LogP contribution in [0.3, 0.4) is 0 Å². The van der Waals surface area contributed by atoms with Gasteiger partial charge in [0.15, 0.2) is 0 Å². The van der Waals surface area contributed by atoms with Crippen LogP contribution in [0.4, 0.5) is 5.69 Å². The smallest absolute Gasteiger partial charge is 0.227 e. The standard InChI is InChI=1S/C13H12BrCl2NO/c14-9-4-10(15)12(11(16)5-9)17-13(18)8-2-6-1-7(6)3-8/h4-8H,1-3H2,(H,17,18). The zero-order chi connectivity index (χ0) is 12.9. The maximum absolute atomic E-state index is 12.1. The Morgan fingerprint density at radius 3 is 2.28 bits per heavy atom. The van der Waals surface area contributed by atoms with Gasteiger partial charge in [-0.15, -0.1) is 0 Å². The number of anilines is 1. The van der Waals surface area contributed by atoms with Gasteiger partial charge in [-0.2, -0.15) is 0 Å². The summed E-state index contributed by atoms with van der Waals surface area (Å²) in [7, 11) is 0. The molecule has 2 aliphatic rings. The molecule has 1 aromatic carbocycles. The number of carbonyl (C=O) groups excluding carboxylic acids is 1. The highest BCUT2D eigenvalue weighted by Gasteiger charge is 2.48. The Bertz CT molecular complexity index is 487. The second kappa shape index (κ2) is 4.69. The number of hydrogen-bond donors (Lipinski definition) is 1. The lowest BCUT2D eigenvalue weighted by Crippen LogP contribution is -2.22. The van der Waals surface area contributed by atoms with E-state index < -0.39 is 0 Å². The largest absolute Gasteiger partial charge is 0.323 e. The quantitative estimate of drug-likeness (QED) is 0.821. The second-order valence-corrected chi connectivity index (χ2v) is 6.89. The lowest BCUT2D eigenvalue weighted by Gasteiger charge is -2.14. The number of halogens is 3. The van der Waals surface area contributed by atoms with E-state index >= 15 is 0 Å². The minimum absolute atomic E-state index is 0.0494. The molecule has 3 rings (SSSR count). The van der Waals surface area contributed by atoms with E-state index in [4.69, 9.17) is 23.2 Å². The molecule has 2 nitrogen and oxygen atoms in total. The lowest BCUT2D eigenvalue weighted by atomic mass is 10.0. The lowest BCUT2D eigenvalue weighted by molar-refractivity contribution is -0.120. The summed E-state index contributed by atoms with van der Waals surface area (Å²) < 4.78 is 0.803. The third kappa shape index (κ3) is 2.40. The van der Waals surface area contributed by atoms with Crippen LogP contribution in [0.1, 0.15) is 19.3 Å². The highest BCUT2D eigenvalue weighted by molar-refractivity contribution is 9.10. The van der Waals surface area contributed by atoms with Crippen LogP contribution in [0.5, 0.6) is 0 Å². The molecule has 0 saturated heterocycles. The van der Waals surface area contributed by atoms with E-state index in [2.05, 4.69) is 21.2 Å². The highest BCUT2D eigenvalue weighted by atomic mass is 79.9. The molecule has 2 saturated carbocycles. The number of hydrogen-bond acceptors (Lipinski definition) is 1. The topological polar surface area (TPSA) is 29.1 Å². The van der Waals surface area contributed by atoms with Gasteiger partial charge in [0.25, 0.3) is 0 Å². The molecule has 0 bridgehead atoms. The highest BCUT2D eigenvalue weighted by Crippen LogP contribution is 2.54. The van der Waals surface area contributed by atoms with E-state index in [0.717, 1.165) is 29.2 Å². The number of fused-ring (bicyclic) bond motifs is 1. The summed E-state index contributed by atoms with van der Waals surface area (Å²) in [5.74, 6) is 1.76. The Morgan fingerprint density at radius 2 is 1.72 bits per heavy atom. The van der Waals surface area contributed by atoms with Gasteiger partial charge >= 0.3 is 0 Å². The molecule has 96 valence electrons. The van der Waals surface area contributed by atoms with Crippen molar-refractivity contribution in [3.8, 4) is 0 Å². The summed E-state index contributed by atoms with van der Waals surface area (Å²) in [6, 6.07) is 3.46. The third-order valence-electron chi connectivity index (χ3n) is 3.87. The molecule has 5 heteroatoms. The summed E-state index contributed by atoms with van der Waals surface area (Å²) in [6.45, 7) is 0. The first-order valence-electron chi connectivity index (χ1n) is 6.00. The molecule has 0 spiro atoms. The SMILES string of the molecule is O=C(Nc1c(Cl)cc(Br)cc1Cl)C1CC2CC2C1. The van der Waals surface area contributed by atoms with Crippen molar-refractivity contribution in [3.63, 3.8) is 0 Å². The molecule has 2 fully saturated rings. The van der Waals surface area contributed by atoms with E-state index in [9.17, 15) is 4.79 Å². The molecule has 1 N–H and O–H groups in total. The first-order chi connectivity index (χ1) is 8.54. The monoisotopic (exact) mass is 347 g/mol. The van der Waals surface area contributed by atoms with Crippen LogP contribution < -0.4 is 5.32 Å². The summed E-state index contributed by atoms with van der Waals surface area (Å²) in [5.41, 5.74) is 0.520. The Kier molecular flexibility index (Phi) is 3.33. The van der Waals surface area contributed by atoms with Crippen molar-refractivity contribution in [2.75, 3.05) is 5.32 Å². The predicted molar refractivity (Wildman–Crippen MR) is 77.1 cm³/mol. The van der Waals surface area contributed by atoms with Crippen LogP contribution in [0.15, 0.2) is 16.6 Å². The summed E-state index contributed by atoms with van der Waals surface area (Å²) >= 11 is 15.5. The first-order valence-corrected chi connectivity index (χ1v) is 7.55. The molecule has 1 aromatic rings. The number of carbonyl (C=O) groups is 1. The average Bonchev–Trinajstić information content (AvgIpc) is 2.90. The van der Waals surface area contributed by atoms with Gasteiger partial charge in [0.2, 0.25) is 5.91 Å². The molecular weight excluding hydrogens is 337 g/mol. The molecule has 0 heterocycles. The van der Waals surface area contributed by atoms with Gasteiger partial charge in [0, 0.05) is 10.4 Å². The fourth-order valence-electron chi connectivity index (χ4n) is 2.82. The van der Waals surface area contributed by atoms with Gasteiger partial charge in [-0.25, -0.2) is 0 Å². The summed E-state index contributed by atoms with van der Waals surface area (Å²) in [6.07, 6.45) is 3.34. The van der Waals surface area contributed by atoms with E-state index in [1.807, 2.05) is 0 Å². The van der Waals surface area contributed by atoms with Crippen molar-refractivity contribution in [1.82, 2.24) is 0 Å². The number of amides is 1.